The molecule has 7 nitrogen and oxygen atoms in total. The molecule has 0 amide bonds. The van der Waals surface area contributed by atoms with E-state index < -0.39 is 0 Å². The Bertz CT molecular complexity index is 844. The molecule has 2 N–H and O–H groups in total. The van der Waals surface area contributed by atoms with Gasteiger partial charge in [-0.1, -0.05) is 18.2 Å². The summed E-state index contributed by atoms with van der Waals surface area (Å²) in [6.45, 7) is 7.29. The number of carbonyl (C=O) groups is 1. The first-order valence-electron chi connectivity index (χ1n) is 10.6. The normalized spacial score (nSPS) is 24.8. The SMILES string of the molecule is O=C1CCNC2C1NCc1cc(OCCN3CCN(c4ccccc4)CC3)cn12. The van der Waals surface area contributed by atoms with Crippen molar-refractivity contribution in [3.8, 4) is 5.75 Å². The summed E-state index contributed by atoms with van der Waals surface area (Å²) in [7, 11) is 0. The molecule has 4 heterocycles. The number of Topliss-reactive ketones (excluding diaryl/α,β-unsaturated/α-hetero) is 1. The number of carbonyl (C=O) groups excluding carboxylic acids is 1. The summed E-state index contributed by atoms with van der Waals surface area (Å²) >= 11 is 0. The third-order valence-electron chi connectivity index (χ3n) is 6.27. The van der Waals surface area contributed by atoms with E-state index >= 15 is 0 Å². The van der Waals surface area contributed by atoms with Gasteiger partial charge in [-0.05, 0) is 12.1 Å². The molecule has 2 atom stereocenters. The molecule has 5 rings (SSSR count). The second-order valence-electron chi connectivity index (χ2n) is 8.06. The van der Waals surface area contributed by atoms with Crippen LogP contribution < -0.4 is 20.3 Å². The Labute approximate surface area is 171 Å². The lowest BCUT2D eigenvalue weighted by Crippen LogP contribution is -2.56. The van der Waals surface area contributed by atoms with Crippen LogP contribution in [0.25, 0.3) is 0 Å². The van der Waals surface area contributed by atoms with Crippen LogP contribution in [0.3, 0.4) is 0 Å². The van der Waals surface area contributed by atoms with Gasteiger partial charge in [0.25, 0.3) is 0 Å². The van der Waals surface area contributed by atoms with Gasteiger partial charge in [-0.2, -0.15) is 0 Å². The molecule has 1 aromatic heterocycles. The summed E-state index contributed by atoms with van der Waals surface area (Å²) in [4.78, 5) is 17.1. The number of hydrogen-bond acceptors (Lipinski definition) is 6. The Hall–Kier alpha value is -2.35. The Morgan fingerprint density at radius 3 is 2.72 bits per heavy atom. The lowest BCUT2D eigenvalue weighted by atomic mass is 10.0. The van der Waals surface area contributed by atoms with Crippen molar-refractivity contribution in [3.63, 3.8) is 0 Å². The minimum absolute atomic E-state index is 0.00316. The van der Waals surface area contributed by atoms with Crippen LogP contribution in [0.5, 0.6) is 5.75 Å². The summed E-state index contributed by atoms with van der Waals surface area (Å²) in [6, 6.07) is 12.6. The molecule has 0 spiro atoms. The van der Waals surface area contributed by atoms with Gasteiger partial charge in [-0.3, -0.25) is 20.3 Å². The van der Waals surface area contributed by atoms with Crippen LogP contribution in [0, 0.1) is 0 Å². The lowest BCUT2D eigenvalue weighted by molar-refractivity contribution is -0.124. The van der Waals surface area contributed by atoms with E-state index in [0.29, 0.717) is 25.4 Å². The minimum Gasteiger partial charge on any atom is -0.491 e. The number of ether oxygens (including phenoxy) is 1. The fourth-order valence-electron chi connectivity index (χ4n) is 4.63. The smallest absolute Gasteiger partial charge is 0.154 e. The topological polar surface area (TPSA) is 61.8 Å². The van der Waals surface area contributed by atoms with E-state index in [1.807, 2.05) is 6.20 Å². The molecule has 0 aliphatic carbocycles. The molecular weight excluding hydrogens is 366 g/mol. The molecule has 7 heteroatoms. The van der Waals surface area contributed by atoms with Crippen LogP contribution >= 0.6 is 0 Å². The molecule has 2 aromatic rings. The van der Waals surface area contributed by atoms with Crippen molar-refractivity contribution in [2.45, 2.75) is 25.2 Å². The van der Waals surface area contributed by atoms with Crippen molar-refractivity contribution in [3.05, 3.63) is 48.3 Å². The van der Waals surface area contributed by atoms with Crippen LogP contribution in [-0.2, 0) is 11.3 Å². The van der Waals surface area contributed by atoms with Crippen molar-refractivity contribution in [1.82, 2.24) is 20.1 Å². The molecule has 2 saturated heterocycles. The van der Waals surface area contributed by atoms with Gasteiger partial charge in [-0.15, -0.1) is 0 Å². The number of nitrogens with one attached hydrogen (secondary N) is 2. The Kier molecular flexibility index (Phi) is 5.26. The quantitative estimate of drug-likeness (QED) is 0.794. The van der Waals surface area contributed by atoms with Crippen molar-refractivity contribution < 1.29 is 9.53 Å². The van der Waals surface area contributed by atoms with Gasteiger partial charge in [0, 0.05) is 75.9 Å². The number of rotatable bonds is 5. The predicted octanol–water partition coefficient (Wildman–Crippen LogP) is 1.22. The summed E-state index contributed by atoms with van der Waals surface area (Å²) < 4.78 is 8.24. The molecule has 0 bridgehead atoms. The number of piperazine rings is 1. The van der Waals surface area contributed by atoms with E-state index in [1.165, 1.54) is 11.4 Å². The maximum atomic E-state index is 12.1. The van der Waals surface area contributed by atoms with E-state index in [0.717, 1.165) is 45.0 Å². The molecule has 154 valence electrons. The van der Waals surface area contributed by atoms with Crippen LogP contribution in [-0.4, -0.2) is 67.2 Å². The molecule has 2 fully saturated rings. The van der Waals surface area contributed by atoms with Crippen LogP contribution in [0.2, 0.25) is 0 Å². The van der Waals surface area contributed by atoms with Gasteiger partial charge in [0.1, 0.15) is 24.6 Å². The second-order valence-corrected chi connectivity index (χ2v) is 8.06. The number of piperidine rings is 1. The minimum atomic E-state index is -0.127. The van der Waals surface area contributed by atoms with Gasteiger partial charge < -0.3 is 14.2 Å². The monoisotopic (exact) mass is 395 g/mol. The third-order valence-corrected chi connectivity index (χ3v) is 6.27. The van der Waals surface area contributed by atoms with Gasteiger partial charge >= 0.3 is 0 Å². The number of aromatic nitrogens is 1. The standard InChI is InChI=1S/C22H29N5O2/c28-20-6-7-23-22-21(20)24-15-18-14-19(16-27(18)22)29-13-12-25-8-10-26(11-9-25)17-4-2-1-3-5-17/h1-5,14,16,21-24H,6-13,15H2. The molecule has 1 aromatic carbocycles. The number of benzene rings is 1. The zero-order chi connectivity index (χ0) is 19.6. The maximum Gasteiger partial charge on any atom is 0.154 e. The van der Waals surface area contributed by atoms with Crippen LogP contribution in [0.15, 0.2) is 42.6 Å². The highest BCUT2D eigenvalue weighted by molar-refractivity contribution is 5.85. The molecule has 0 radical (unpaired) electrons. The summed E-state index contributed by atoms with van der Waals surface area (Å²) in [5.74, 6) is 1.19. The van der Waals surface area contributed by atoms with Gasteiger partial charge in [-0.25, -0.2) is 0 Å². The lowest BCUT2D eigenvalue weighted by Gasteiger charge is -2.37. The Balaban J connectivity index is 1.11. The van der Waals surface area contributed by atoms with E-state index in [4.69, 9.17) is 4.74 Å². The average Bonchev–Trinajstić information content (AvgIpc) is 3.19. The molecule has 3 aliphatic rings. The van der Waals surface area contributed by atoms with E-state index in [2.05, 4.69) is 61.4 Å². The van der Waals surface area contributed by atoms with E-state index in [1.54, 1.807) is 0 Å². The van der Waals surface area contributed by atoms with Crippen molar-refractivity contribution >= 4 is 11.5 Å². The highest BCUT2D eigenvalue weighted by Crippen LogP contribution is 2.27. The van der Waals surface area contributed by atoms with Crippen LogP contribution in [0.1, 0.15) is 18.3 Å². The zero-order valence-corrected chi connectivity index (χ0v) is 16.7. The fraction of sp³-hybridized carbons (Fsp3) is 0.500. The zero-order valence-electron chi connectivity index (χ0n) is 16.7. The van der Waals surface area contributed by atoms with Gasteiger partial charge in [0.05, 0.1) is 0 Å². The maximum absolute atomic E-state index is 12.1. The van der Waals surface area contributed by atoms with E-state index in [-0.39, 0.29) is 12.2 Å². The number of anilines is 1. The number of ketones is 1. The fourth-order valence-corrected chi connectivity index (χ4v) is 4.63. The second kappa shape index (κ2) is 8.18. The largest absolute Gasteiger partial charge is 0.491 e. The van der Waals surface area contributed by atoms with Crippen LogP contribution in [0.4, 0.5) is 5.69 Å². The summed E-state index contributed by atoms with van der Waals surface area (Å²) in [5.41, 5.74) is 2.48. The Morgan fingerprint density at radius 2 is 1.90 bits per heavy atom. The molecular formula is C22H29N5O2. The van der Waals surface area contributed by atoms with E-state index in [9.17, 15) is 4.79 Å². The highest BCUT2D eigenvalue weighted by Gasteiger charge is 2.36. The first-order valence-corrected chi connectivity index (χ1v) is 10.6. The number of nitrogens with zero attached hydrogens (tertiary/aromatic N) is 3. The molecule has 29 heavy (non-hydrogen) atoms. The number of para-hydroxylation sites is 1. The summed E-state index contributed by atoms with van der Waals surface area (Å²) in [5, 5.41) is 6.82. The molecule has 2 unspecified atom stereocenters. The number of fused-ring (bicyclic) bond motifs is 3. The van der Waals surface area contributed by atoms with Crippen molar-refractivity contribution in [1.29, 1.82) is 0 Å². The number of hydrogen-bond donors (Lipinski definition) is 2. The highest BCUT2D eigenvalue weighted by atomic mass is 16.5. The first kappa shape index (κ1) is 18.7. The summed E-state index contributed by atoms with van der Waals surface area (Å²) in [6.07, 6.45) is 2.65. The molecule has 0 saturated carbocycles. The van der Waals surface area contributed by atoms with Crippen molar-refractivity contribution in [2.75, 3.05) is 50.8 Å². The Morgan fingerprint density at radius 1 is 1.07 bits per heavy atom. The van der Waals surface area contributed by atoms with Crippen molar-refractivity contribution in [2.24, 2.45) is 0 Å². The predicted molar refractivity (Wildman–Crippen MR) is 112 cm³/mol. The average molecular weight is 396 g/mol. The van der Waals surface area contributed by atoms with Gasteiger partial charge in [0.2, 0.25) is 0 Å². The third kappa shape index (κ3) is 3.90. The first-order chi connectivity index (χ1) is 14.3. The molecule has 3 aliphatic heterocycles. The van der Waals surface area contributed by atoms with Gasteiger partial charge in [0.15, 0.2) is 5.78 Å².